The molecule has 1 aliphatic rings. The van der Waals surface area contributed by atoms with Crippen molar-refractivity contribution in [3.63, 3.8) is 0 Å². The summed E-state index contributed by atoms with van der Waals surface area (Å²) in [6, 6.07) is 5.78. The highest BCUT2D eigenvalue weighted by Gasteiger charge is 2.24. The van der Waals surface area contributed by atoms with Crippen molar-refractivity contribution in [2.45, 2.75) is 64.1 Å². The van der Waals surface area contributed by atoms with Crippen LogP contribution in [0.15, 0.2) is 18.2 Å². The van der Waals surface area contributed by atoms with Gasteiger partial charge in [-0.3, -0.25) is 0 Å². The van der Waals surface area contributed by atoms with Crippen molar-refractivity contribution in [3.8, 4) is 0 Å². The van der Waals surface area contributed by atoms with Crippen molar-refractivity contribution >= 4 is 23.2 Å². The van der Waals surface area contributed by atoms with E-state index in [2.05, 4.69) is 15.5 Å². The zero-order valence-electron chi connectivity index (χ0n) is 14.6. The predicted molar refractivity (Wildman–Crippen MR) is 96.2 cm³/mol. The molecule has 1 fully saturated rings. The standard InChI is InChI=1S/C18H26N4O2/c1-18(2,3)24-17(23)22-13-7-5-12(6-8-13)21-16-10-9-14(20-4)11-15(16)19/h9-13,21H,5-8,19H2,1-3H3,(H,22,23). The summed E-state index contributed by atoms with van der Waals surface area (Å²) in [4.78, 5) is 15.2. The van der Waals surface area contributed by atoms with Crippen molar-refractivity contribution in [2.24, 2.45) is 0 Å². The number of nitrogens with zero attached hydrogens (tertiary/aromatic N) is 1. The van der Waals surface area contributed by atoms with E-state index in [1.807, 2.05) is 26.8 Å². The van der Waals surface area contributed by atoms with Crippen molar-refractivity contribution in [3.05, 3.63) is 29.6 Å². The lowest BCUT2D eigenvalue weighted by Gasteiger charge is -2.31. The third-order valence-electron chi connectivity index (χ3n) is 3.97. The Balaban J connectivity index is 1.81. The van der Waals surface area contributed by atoms with Gasteiger partial charge in [0.2, 0.25) is 0 Å². The molecular formula is C18H26N4O2. The van der Waals surface area contributed by atoms with Crippen molar-refractivity contribution in [1.29, 1.82) is 0 Å². The van der Waals surface area contributed by atoms with E-state index < -0.39 is 5.60 Å². The molecule has 1 aliphatic carbocycles. The molecule has 0 saturated heterocycles. The first-order chi connectivity index (χ1) is 11.3. The third-order valence-corrected chi connectivity index (χ3v) is 3.97. The summed E-state index contributed by atoms with van der Waals surface area (Å²) in [6.45, 7) is 12.6. The zero-order valence-corrected chi connectivity index (χ0v) is 14.6. The van der Waals surface area contributed by atoms with E-state index >= 15 is 0 Å². The number of rotatable bonds is 3. The van der Waals surface area contributed by atoms with Crippen LogP contribution in [0.25, 0.3) is 4.85 Å². The van der Waals surface area contributed by atoms with Gasteiger partial charge in [0.25, 0.3) is 0 Å². The Kier molecular flexibility index (Phi) is 5.55. The maximum atomic E-state index is 11.8. The molecule has 1 aromatic carbocycles. The smallest absolute Gasteiger partial charge is 0.407 e. The Morgan fingerprint density at radius 1 is 1.25 bits per heavy atom. The van der Waals surface area contributed by atoms with Gasteiger partial charge in [0.1, 0.15) is 5.60 Å². The number of ether oxygens (including phenoxy) is 1. The predicted octanol–water partition coefficient (Wildman–Crippen LogP) is 4.07. The minimum atomic E-state index is -0.474. The van der Waals surface area contributed by atoms with Crippen LogP contribution < -0.4 is 16.4 Å². The second kappa shape index (κ2) is 7.43. The molecule has 0 atom stereocenters. The Labute approximate surface area is 143 Å². The number of alkyl carbamates (subject to hydrolysis) is 1. The van der Waals surface area contributed by atoms with Crippen molar-refractivity contribution < 1.29 is 9.53 Å². The van der Waals surface area contributed by atoms with Gasteiger partial charge in [0.15, 0.2) is 5.69 Å². The first-order valence-electron chi connectivity index (χ1n) is 8.30. The van der Waals surface area contributed by atoms with Crippen LogP contribution in [0, 0.1) is 6.57 Å². The Bertz CT molecular complexity index is 623. The number of amides is 1. The number of carbonyl (C=O) groups excluding carboxylic acids is 1. The lowest BCUT2D eigenvalue weighted by Crippen LogP contribution is -2.42. The summed E-state index contributed by atoms with van der Waals surface area (Å²) in [5.41, 5.74) is 7.52. The number of nitrogens with one attached hydrogen (secondary N) is 2. The van der Waals surface area contributed by atoms with Gasteiger partial charge in [-0.15, -0.1) is 0 Å². The van der Waals surface area contributed by atoms with Crippen LogP contribution in [0.1, 0.15) is 46.5 Å². The highest BCUT2D eigenvalue weighted by atomic mass is 16.6. The maximum Gasteiger partial charge on any atom is 0.407 e. The molecule has 0 radical (unpaired) electrons. The fourth-order valence-electron chi connectivity index (χ4n) is 2.83. The molecule has 130 valence electrons. The second-order valence-electron chi connectivity index (χ2n) is 7.22. The summed E-state index contributed by atoms with van der Waals surface area (Å²) >= 11 is 0. The highest BCUT2D eigenvalue weighted by Crippen LogP contribution is 2.28. The molecule has 6 nitrogen and oxygen atoms in total. The molecule has 4 N–H and O–H groups in total. The van der Waals surface area contributed by atoms with Gasteiger partial charge in [-0.1, -0.05) is 6.07 Å². The normalized spacial score (nSPS) is 20.8. The van der Waals surface area contributed by atoms with Gasteiger partial charge in [-0.05, 0) is 58.6 Å². The van der Waals surface area contributed by atoms with Gasteiger partial charge in [-0.2, -0.15) is 0 Å². The molecule has 0 aromatic heterocycles. The second-order valence-corrected chi connectivity index (χ2v) is 7.22. The van der Waals surface area contributed by atoms with E-state index in [4.69, 9.17) is 17.0 Å². The number of nitrogen functional groups attached to an aromatic ring is 1. The topological polar surface area (TPSA) is 80.7 Å². The van der Waals surface area contributed by atoms with Crippen LogP contribution in [0.5, 0.6) is 0 Å². The minimum Gasteiger partial charge on any atom is -0.444 e. The molecule has 0 aliphatic heterocycles. The van der Waals surface area contributed by atoms with Crippen LogP contribution >= 0.6 is 0 Å². The van der Waals surface area contributed by atoms with E-state index in [0.717, 1.165) is 31.4 Å². The molecule has 2 rings (SSSR count). The SMILES string of the molecule is [C-]#[N+]c1ccc(NC2CCC(NC(=O)OC(C)(C)C)CC2)c(N)c1. The van der Waals surface area contributed by atoms with Gasteiger partial charge in [0.05, 0.1) is 12.3 Å². The molecule has 0 unspecified atom stereocenters. The summed E-state index contributed by atoms with van der Waals surface area (Å²) in [5.74, 6) is 0. The molecule has 0 spiro atoms. The first-order valence-corrected chi connectivity index (χ1v) is 8.30. The lowest BCUT2D eigenvalue weighted by atomic mass is 9.91. The molecule has 0 bridgehead atoms. The largest absolute Gasteiger partial charge is 0.444 e. The summed E-state index contributed by atoms with van der Waals surface area (Å²) in [5, 5.41) is 6.38. The van der Waals surface area contributed by atoms with Crippen LogP contribution in [0.2, 0.25) is 0 Å². The molecule has 24 heavy (non-hydrogen) atoms. The van der Waals surface area contributed by atoms with Gasteiger partial charge >= 0.3 is 6.09 Å². The molecule has 1 aromatic rings. The summed E-state index contributed by atoms with van der Waals surface area (Å²) < 4.78 is 5.29. The molecule has 6 heteroatoms. The molecule has 1 saturated carbocycles. The monoisotopic (exact) mass is 330 g/mol. The van der Waals surface area contributed by atoms with Gasteiger partial charge < -0.3 is 21.1 Å². The first kappa shape index (κ1) is 17.9. The lowest BCUT2D eigenvalue weighted by molar-refractivity contribution is 0.0492. The highest BCUT2D eigenvalue weighted by molar-refractivity contribution is 5.72. The number of hydrogen-bond acceptors (Lipinski definition) is 4. The quantitative estimate of drug-likeness (QED) is 0.576. The van der Waals surface area contributed by atoms with Crippen LogP contribution in [-0.4, -0.2) is 23.8 Å². The van der Waals surface area contributed by atoms with Gasteiger partial charge in [-0.25, -0.2) is 9.64 Å². The van der Waals surface area contributed by atoms with E-state index in [1.54, 1.807) is 12.1 Å². The Morgan fingerprint density at radius 3 is 2.42 bits per heavy atom. The number of hydrogen-bond donors (Lipinski definition) is 3. The molecular weight excluding hydrogens is 304 g/mol. The van der Waals surface area contributed by atoms with Crippen LogP contribution in [0.4, 0.5) is 21.9 Å². The fourth-order valence-corrected chi connectivity index (χ4v) is 2.83. The molecule has 0 heterocycles. The van der Waals surface area contributed by atoms with Crippen LogP contribution in [0.3, 0.4) is 0 Å². The number of carbonyl (C=O) groups is 1. The van der Waals surface area contributed by atoms with Crippen molar-refractivity contribution in [2.75, 3.05) is 11.1 Å². The number of anilines is 2. The fraction of sp³-hybridized carbons (Fsp3) is 0.556. The average molecular weight is 330 g/mol. The van der Waals surface area contributed by atoms with E-state index in [-0.39, 0.29) is 12.1 Å². The molecule has 1 amide bonds. The van der Waals surface area contributed by atoms with E-state index in [0.29, 0.717) is 17.4 Å². The van der Waals surface area contributed by atoms with Gasteiger partial charge in [0, 0.05) is 17.8 Å². The maximum absolute atomic E-state index is 11.8. The Hall–Kier alpha value is -2.42. The van der Waals surface area contributed by atoms with E-state index in [9.17, 15) is 4.79 Å². The summed E-state index contributed by atoms with van der Waals surface area (Å²) in [6.07, 6.45) is 3.35. The van der Waals surface area contributed by atoms with E-state index in [1.165, 1.54) is 0 Å². The minimum absolute atomic E-state index is 0.153. The Morgan fingerprint density at radius 2 is 1.88 bits per heavy atom. The third kappa shape index (κ3) is 5.34. The summed E-state index contributed by atoms with van der Waals surface area (Å²) in [7, 11) is 0. The van der Waals surface area contributed by atoms with Crippen molar-refractivity contribution in [1.82, 2.24) is 5.32 Å². The average Bonchev–Trinajstić information content (AvgIpc) is 2.49. The number of benzene rings is 1. The van der Waals surface area contributed by atoms with Crippen LogP contribution in [-0.2, 0) is 4.74 Å². The zero-order chi connectivity index (χ0) is 17.7. The number of nitrogens with two attached hydrogens (primary N) is 1.